The number of hydrogen-bond acceptors (Lipinski definition) is 3. The van der Waals surface area contributed by atoms with E-state index in [9.17, 15) is 9.59 Å². The van der Waals surface area contributed by atoms with Crippen LogP contribution < -0.4 is 5.73 Å². The van der Waals surface area contributed by atoms with Gasteiger partial charge in [-0.25, -0.2) is 0 Å². The highest BCUT2D eigenvalue weighted by atomic mass is 35.5. The van der Waals surface area contributed by atoms with Gasteiger partial charge in [0.2, 0.25) is 11.6 Å². The monoisotopic (exact) mass is 283 g/mol. The Morgan fingerprint density at radius 1 is 1.11 bits per heavy atom. The Kier molecular flexibility index (Phi) is 3.73. The van der Waals surface area contributed by atoms with E-state index in [0.29, 0.717) is 34.0 Å². The molecule has 3 nitrogen and oxygen atoms in total. The smallest absolute Gasteiger partial charge is 0.226 e. The second kappa shape index (κ2) is 5.12. The summed E-state index contributed by atoms with van der Waals surface area (Å²) in [4.78, 5) is 23.2. The first kappa shape index (κ1) is 13.1. The van der Waals surface area contributed by atoms with Crippen molar-refractivity contribution in [2.24, 2.45) is 5.73 Å². The highest BCUT2D eigenvalue weighted by Crippen LogP contribution is 2.32. The summed E-state index contributed by atoms with van der Waals surface area (Å²) in [5.74, 6) is -0.919. The minimum atomic E-state index is -0.519. The van der Waals surface area contributed by atoms with Crippen LogP contribution in [0.15, 0.2) is 23.8 Å². The summed E-state index contributed by atoms with van der Waals surface area (Å²) in [5, 5.41) is 0.747. The number of rotatable bonds is 1. The fraction of sp³-hybridized carbons (Fsp3) is 0.231. The van der Waals surface area contributed by atoms with Crippen LogP contribution in [-0.4, -0.2) is 11.6 Å². The molecule has 0 amide bonds. The highest BCUT2D eigenvalue weighted by molar-refractivity contribution is 6.46. The van der Waals surface area contributed by atoms with Gasteiger partial charge in [-0.1, -0.05) is 29.3 Å². The number of ketones is 2. The van der Waals surface area contributed by atoms with Crippen LogP contribution in [0.3, 0.4) is 0 Å². The van der Waals surface area contributed by atoms with E-state index in [1.165, 1.54) is 0 Å². The fourth-order valence-electron chi connectivity index (χ4n) is 1.98. The summed E-state index contributed by atoms with van der Waals surface area (Å²) in [7, 11) is 0. The van der Waals surface area contributed by atoms with Gasteiger partial charge in [-0.2, -0.15) is 0 Å². The molecule has 1 aliphatic carbocycles. The van der Waals surface area contributed by atoms with Crippen LogP contribution in [0.1, 0.15) is 24.8 Å². The molecular formula is C13H11Cl2NO2. The molecule has 94 valence electrons. The molecule has 1 fully saturated rings. The van der Waals surface area contributed by atoms with Gasteiger partial charge in [-0.3, -0.25) is 9.59 Å². The van der Waals surface area contributed by atoms with Crippen LogP contribution in [0.25, 0.3) is 5.70 Å². The summed E-state index contributed by atoms with van der Waals surface area (Å²) in [5.41, 5.74) is 6.92. The van der Waals surface area contributed by atoms with Gasteiger partial charge in [0.05, 0.1) is 10.0 Å². The number of nitrogens with two attached hydrogens (primary N) is 1. The molecule has 0 atom stereocenters. The SMILES string of the molecule is N/C(=C1/CCCC(=O)C1=O)c1c(Cl)cccc1Cl. The number of allylic oxidation sites excluding steroid dienone is 1. The Hall–Kier alpha value is -1.32. The Morgan fingerprint density at radius 2 is 1.72 bits per heavy atom. The lowest BCUT2D eigenvalue weighted by atomic mass is 9.89. The molecule has 1 aliphatic rings. The van der Waals surface area contributed by atoms with Crippen molar-refractivity contribution in [3.63, 3.8) is 0 Å². The molecule has 1 saturated carbocycles. The van der Waals surface area contributed by atoms with Gasteiger partial charge in [0.25, 0.3) is 0 Å². The fourth-order valence-corrected chi connectivity index (χ4v) is 2.59. The first-order chi connectivity index (χ1) is 8.52. The molecule has 2 N–H and O–H groups in total. The number of halogens is 2. The third kappa shape index (κ3) is 2.28. The predicted molar refractivity (Wildman–Crippen MR) is 71.4 cm³/mol. The second-order valence-electron chi connectivity index (χ2n) is 4.09. The van der Waals surface area contributed by atoms with Gasteiger partial charge in [-0.15, -0.1) is 0 Å². The molecule has 0 radical (unpaired) electrons. The van der Waals surface area contributed by atoms with E-state index in [4.69, 9.17) is 28.9 Å². The standard InChI is InChI=1S/C13H11Cl2NO2/c14-8-4-2-5-9(15)11(8)12(16)7-3-1-6-10(17)13(7)18/h2,4-5H,1,3,6,16H2/b12-7-. The van der Waals surface area contributed by atoms with Gasteiger partial charge in [0.1, 0.15) is 0 Å². The van der Waals surface area contributed by atoms with Crippen LogP contribution in [0, 0.1) is 0 Å². The molecule has 0 aromatic heterocycles. The van der Waals surface area contributed by atoms with Crippen molar-refractivity contribution in [3.8, 4) is 0 Å². The molecule has 1 aromatic rings. The lowest BCUT2D eigenvalue weighted by Crippen LogP contribution is -2.24. The van der Waals surface area contributed by atoms with Gasteiger partial charge >= 0.3 is 0 Å². The molecule has 1 aromatic carbocycles. The number of hydrogen-bond donors (Lipinski definition) is 1. The van der Waals surface area contributed by atoms with E-state index in [1.807, 2.05) is 0 Å². The van der Waals surface area contributed by atoms with E-state index in [1.54, 1.807) is 18.2 Å². The predicted octanol–water partition coefficient (Wildman–Crippen LogP) is 2.99. The van der Waals surface area contributed by atoms with Crippen molar-refractivity contribution in [1.29, 1.82) is 0 Å². The quantitative estimate of drug-likeness (QED) is 0.637. The number of Topliss-reactive ketones (excluding diaryl/α,β-unsaturated/α-hetero) is 2. The summed E-state index contributed by atoms with van der Waals surface area (Å²) < 4.78 is 0. The lowest BCUT2D eigenvalue weighted by Gasteiger charge is -2.16. The van der Waals surface area contributed by atoms with E-state index in [2.05, 4.69) is 0 Å². The number of benzene rings is 1. The van der Waals surface area contributed by atoms with Crippen LogP contribution in [0.2, 0.25) is 10.0 Å². The topological polar surface area (TPSA) is 60.2 Å². The van der Waals surface area contributed by atoms with Gasteiger partial charge in [0.15, 0.2) is 0 Å². The zero-order valence-corrected chi connectivity index (χ0v) is 11.0. The van der Waals surface area contributed by atoms with Crippen molar-refractivity contribution in [2.75, 3.05) is 0 Å². The molecule has 0 bridgehead atoms. The van der Waals surface area contributed by atoms with E-state index >= 15 is 0 Å². The zero-order chi connectivity index (χ0) is 13.3. The largest absolute Gasteiger partial charge is 0.398 e. The summed E-state index contributed by atoms with van der Waals surface area (Å²) in [6, 6.07) is 4.98. The maximum atomic E-state index is 11.8. The Balaban J connectivity index is 2.56. The third-order valence-corrected chi connectivity index (χ3v) is 3.55. The molecule has 0 spiro atoms. The Labute approximate surface area is 115 Å². The minimum absolute atomic E-state index is 0.212. The molecule has 18 heavy (non-hydrogen) atoms. The average Bonchev–Trinajstić information content (AvgIpc) is 2.32. The maximum absolute atomic E-state index is 11.8. The minimum Gasteiger partial charge on any atom is -0.398 e. The van der Waals surface area contributed by atoms with E-state index in [0.717, 1.165) is 0 Å². The van der Waals surface area contributed by atoms with Crippen LogP contribution >= 0.6 is 23.2 Å². The average molecular weight is 284 g/mol. The maximum Gasteiger partial charge on any atom is 0.226 e. The molecule has 0 heterocycles. The first-order valence-corrected chi connectivity index (χ1v) is 6.28. The molecule has 0 unspecified atom stereocenters. The van der Waals surface area contributed by atoms with Gasteiger partial charge < -0.3 is 5.73 Å². The Morgan fingerprint density at radius 3 is 2.33 bits per heavy atom. The summed E-state index contributed by atoms with van der Waals surface area (Å²) >= 11 is 12.1. The van der Waals surface area contributed by atoms with Crippen molar-refractivity contribution >= 4 is 40.5 Å². The lowest BCUT2D eigenvalue weighted by molar-refractivity contribution is -0.135. The molecule has 0 saturated heterocycles. The van der Waals surface area contributed by atoms with E-state index in [-0.39, 0.29) is 12.1 Å². The van der Waals surface area contributed by atoms with Crippen LogP contribution in [0.5, 0.6) is 0 Å². The van der Waals surface area contributed by atoms with Crippen molar-refractivity contribution in [2.45, 2.75) is 19.3 Å². The Bertz CT molecular complexity index is 544. The van der Waals surface area contributed by atoms with Crippen molar-refractivity contribution in [1.82, 2.24) is 0 Å². The van der Waals surface area contributed by atoms with Crippen molar-refractivity contribution < 1.29 is 9.59 Å². The molecule has 5 heteroatoms. The highest BCUT2D eigenvalue weighted by Gasteiger charge is 2.27. The summed E-state index contributed by atoms with van der Waals surface area (Å²) in [6.07, 6.45) is 1.40. The van der Waals surface area contributed by atoms with E-state index < -0.39 is 11.6 Å². The second-order valence-corrected chi connectivity index (χ2v) is 4.91. The zero-order valence-electron chi connectivity index (χ0n) is 9.50. The van der Waals surface area contributed by atoms with Crippen LogP contribution in [-0.2, 0) is 9.59 Å². The molecular weight excluding hydrogens is 273 g/mol. The number of carbonyl (C=O) groups is 2. The third-order valence-electron chi connectivity index (χ3n) is 2.92. The van der Waals surface area contributed by atoms with Crippen molar-refractivity contribution in [3.05, 3.63) is 39.4 Å². The molecule has 0 aliphatic heterocycles. The normalized spacial score (nSPS) is 19.0. The first-order valence-electron chi connectivity index (χ1n) is 5.53. The summed E-state index contributed by atoms with van der Waals surface area (Å²) in [6.45, 7) is 0. The molecule has 2 rings (SSSR count). The number of carbonyl (C=O) groups excluding carboxylic acids is 2. The van der Waals surface area contributed by atoms with Gasteiger partial charge in [0, 0.05) is 23.3 Å². The van der Waals surface area contributed by atoms with Crippen LogP contribution in [0.4, 0.5) is 0 Å². The van der Waals surface area contributed by atoms with Gasteiger partial charge in [-0.05, 0) is 25.0 Å².